The molecule has 0 spiro atoms. The second-order valence-corrected chi connectivity index (χ2v) is 5.50. The number of amides is 2. The molecule has 7 heteroatoms. The van der Waals surface area contributed by atoms with Gasteiger partial charge in [0.25, 0.3) is 0 Å². The average Bonchev–Trinajstić information content (AvgIpc) is 3.18. The molecule has 0 saturated carbocycles. The number of rotatable bonds is 4. The molecule has 6 nitrogen and oxygen atoms in total. The zero-order valence-electron chi connectivity index (χ0n) is 12.7. The van der Waals surface area contributed by atoms with Crippen molar-refractivity contribution in [2.45, 2.75) is 31.9 Å². The number of carbonyl (C=O) groups is 1. The topological polar surface area (TPSA) is 76.4 Å². The lowest BCUT2D eigenvalue weighted by Crippen LogP contribution is -2.38. The van der Waals surface area contributed by atoms with Crippen molar-refractivity contribution >= 4 is 11.8 Å². The van der Waals surface area contributed by atoms with Crippen molar-refractivity contribution in [2.24, 2.45) is 0 Å². The summed E-state index contributed by atoms with van der Waals surface area (Å²) >= 11 is 0. The maximum atomic E-state index is 13.1. The van der Waals surface area contributed by atoms with Gasteiger partial charge in [-0.25, -0.2) is 9.18 Å². The molecule has 2 aromatic rings. The quantitative estimate of drug-likeness (QED) is 0.907. The van der Waals surface area contributed by atoms with Crippen LogP contribution in [0.1, 0.15) is 30.2 Å². The van der Waals surface area contributed by atoms with E-state index in [1.54, 1.807) is 25.1 Å². The zero-order valence-corrected chi connectivity index (χ0v) is 12.7. The SMILES string of the molecule is Cc1cc(NC(=O)NC(c2ccc(F)cc2)C2CCCO2)no1. The molecular weight excluding hydrogens is 301 g/mol. The number of ether oxygens (including phenoxy) is 1. The summed E-state index contributed by atoms with van der Waals surface area (Å²) < 4.78 is 23.7. The van der Waals surface area contributed by atoms with Crippen LogP contribution >= 0.6 is 0 Å². The Balaban J connectivity index is 1.72. The van der Waals surface area contributed by atoms with Crippen LogP contribution in [0.3, 0.4) is 0 Å². The van der Waals surface area contributed by atoms with E-state index >= 15 is 0 Å². The monoisotopic (exact) mass is 319 g/mol. The number of hydrogen-bond donors (Lipinski definition) is 2. The van der Waals surface area contributed by atoms with Gasteiger partial charge in [-0.05, 0) is 37.5 Å². The van der Waals surface area contributed by atoms with Gasteiger partial charge in [-0.15, -0.1) is 0 Å². The highest BCUT2D eigenvalue weighted by Crippen LogP contribution is 2.27. The highest BCUT2D eigenvalue weighted by Gasteiger charge is 2.29. The fourth-order valence-electron chi connectivity index (χ4n) is 2.65. The van der Waals surface area contributed by atoms with Gasteiger partial charge in [-0.1, -0.05) is 17.3 Å². The van der Waals surface area contributed by atoms with Crippen LogP contribution < -0.4 is 10.6 Å². The minimum Gasteiger partial charge on any atom is -0.376 e. The summed E-state index contributed by atoms with van der Waals surface area (Å²) in [5, 5.41) is 9.20. The first-order valence-corrected chi connectivity index (χ1v) is 7.50. The molecule has 0 aliphatic carbocycles. The molecule has 1 aliphatic rings. The third-order valence-electron chi connectivity index (χ3n) is 3.72. The van der Waals surface area contributed by atoms with Gasteiger partial charge in [-0.3, -0.25) is 5.32 Å². The summed E-state index contributed by atoms with van der Waals surface area (Å²) in [7, 11) is 0. The van der Waals surface area contributed by atoms with Crippen molar-refractivity contribution < 1.29 is 18.4 Å². The standard InChI is InChI=1S/C16H18FN3O3/c1-10-9-14(20-23-10)18-16(21)19-15(13-3-2-8-22-13)11-4-6-12(17)7-5-11/h4-7,9,13,15H,2-3,8H2,1H3,(H2,18,19,20,21). The van der Waals surface area contributed by atoms with Crippen molar-refractivity contribution in [3.05, 3.63) is 47.5 Å². The molecule has 2 amide bonds. The number of hydrogen-bond acceptors (Lipinski definition) is 4. The van der Waals surface area contributed by atoms with Crippen molar-refractivity contribution in [3.8, 4) is 0 Å². The Morgan fingerprint density at radius 1 is 1.39 bits per heavy atom. The maximum Gasteiger partial charge on any atom is 0.321 e. The molecule has 0 bridgehead atoms. The number of aromatic nitrogens is 1. The molecule has 1 saturated heterocycles. The van der Waals surface area contributed by atoms with E-state index in [0.717, 1.165) is 18.4 Å². The molecule has 1 aliphatic heterocycles. The lowest BCUT2D eigenvalue weighted by molar-refractivity contribution is 0.0815. The molecule has 1 fully saturated rings. The summed E-state index contributed by atoms with van der Waals surface area (Å²) in [5.41, 5.74) is 0.796. The predicted octanol–water partition coefficient (Wildman–Crippen LogP) is 3.16. The first-order chi connectivity index (χ1) is 11.1. The Morgan fingerprint density at radius 3 is 2.78 bits per heavy atom. The number of benzene rings is 1. The van der Waals surface area contributed by atoms with E-state index in [1.165, 1.54) is 12.1 Å². The Labute approximate surface area is 133 Å². The highest BCUT2D eigenvalue weighted by atomic mass is 19.1. The highest BCUT2D eigenvalue weighted by molar-refractivity contribution is 5.88. The molecule has 0 radical (unpaired) electrons. The van der Waals surface area contributed by atoms with E-state index in [-0.39, 0.29) is 18.0 Å². The molecular formula is C16H18FN3O3. The van der Waals surface area contributed by atoms with Crippen LogP contribution in [0, 0.1) is 12.7 Å². The maximum absolute atomic E-state index is 13.1. The largest absolute Gasteiger partial charge is 0.376 e. The van der Waals surface area contributed by atoms with E-state index in [9.17, 15) is 9.18 Å². The summed E-state index contributed by atoms with van der Waals surface area (Å²) in [6, 6.07) is 6.91. The smallest absolute Gasteiger partial charge is 0.321 e. The van der Waals surface area contributed by atoms with E-state index in [1.807, 2.05) is 0 Å². The third-order valence-corrected chi connectivity index (χ3v) is 3.72. The normalized spacial score (nSPS) is 18.6. The van der Waals surface area contributed by atoms with Gasteiger partial charge in [-0.2, -0.15) is 0 Å². The third kappa shape index (κ3) is 3.87. The number of nitrogens with zero attached hydrogens (tertiary/aromatic N) is 1. The van der Waals surface area contributed by atoms with E-state index in [0.29, 0.717) is 18.2 Å². The second-order valence-electron chi connectivity index (χ2n) is 5.50. The lowest BCUT2D eigenvalue weighted by Gasteiger charge is -2.24. The lowest BCUT2D eigenvalue weighted by atomic mass is 9.99. The van der Waals surface area contributed by atoms with Crippen LogP contribution in [-0.2, 0) is 4.74 Å². The molecule has 122 valence electrons. The zero-order chi connectivity index (χ0) is 16.2. The molecule has 1 aromatic heterocycles. The first-order valence-electron chi connectivity index (χ1n) is 7.50. The molecule has 3 rings (SSSR count). The summed E-state index contributed by atoms with van der Waals surface area (Å²) in [6.07, 6.45) is 1.64. The number of anilines is 1. The van der Waals surface area contributed by atoms with Crippen molar-refractivity contribution in [2.75, 3.05) is 11.9 Å². The molecule has 1 aromatic carbocycles. The average molecular weight is 319 g/mol. The summed E-state index contributed by atoms with van der Waals surface area (Å²) in [4.78, 5) is 12.2. The van der Waals surface area contributed by atoms with Crippen LogP contribution in [-0.4, -0.2) is 23.9 Å². The van der Waals surface area contributed by atoms with Gasteiger partial charge in [0.1, 0.15) is 11.6 Å². The number of carbonyl (C=O) groups excluding carboxylic acids is 1. The van der Waals surface area contributed by atoms with E-state index in [2.05, 4.69) is 15.8 Å². The Bertz CT molecular complexity index is 665. The molecule has 2 atom stereocenters. The molecule has 2 unspecified atom stereocenters. The van der Waals surface area contributed by atoms with Gasteiger partial charge in [0.2, 0.25) is 0 Å². The number of halogens is 1. The van der Waals surface area contributed by atoms with Gasteiger partial charge in [0.05, 0.1) is 12.1 Å². The van der Waals surface area contributed by atoms with Crippen LogP contribution in [0.2, 0.25) is 0 Å². The second kappa shape index (κ2) is 6.78. The minimum atomic E-state index is -0.414. The fourth-order valence-corrected chi connectivity index (χ4v) is 2.65. The van der Waals surface area contributed by atoms with Gasteiger partial charge >= 0.3 is 6.03 Å². The summed E-state index contributed by atoms with van der Waals surface area (Å²) in [6.45, 7) is 2.40. The van der Waals surface area contributed by atoms with Crippen molar-refractivity contribution in [1.82, 2.24) is 10.5 Å². The molecule has 23 heavy (non-hydrogen) atoms. The van der Waals surface area contributed by atoms with Crippen molar-refractivity contribution in [3.63, 3.8) is 0 Å². The van der Waals surface area contributed by atoms with Crippen molar-refractivity contribution in [1.29, 1.82) is 0 Å². The number of aryl methyl sites for hydroxylation is 1. The Morgan fingerprint density at radius 2 is 2.17 bits per heavy atom. The van der Waals surface area contributed by atoms with Gasteiger partial charge in [0.15, 0.2) is 5.82 Å². The molecule has 2 heterocycles. The number of nitrogens with one attached hydrogen (secondary N) is 2. The Hall–Kier alpha value is -2.41. The minimum absolute atomic E-state index is 0.134. The van der Waals surface area contributed by atoms with Gasteiger partial charge in [0, 0.05) is 12.7 Å². The van der Waals surface area contributed by atoms with Crippen LogP contribution in [0.25, 0.3) is 0 Å². The van der Waals surface area contributed by atoms with Gasteiger partial charge < -0.3 is 14.6 Å². The first kappa shape index (κ1) is 15.5. The van der Waals surface area contributed by atoms with Crippen LogP contribution in [0.5, 0.6) is 0 Å². The van der Waals surface area contributed by atoms with E-state index in [4.69, 9.17) is 9.26 Å². The fraction of sp³-hybridized carbons (Fsp3) is 0.375. The molecule has 2 N–H and O–H groups in total. The van der Waals surface area contributed by atoms with E-state index < -0.39 is 6.03 Å². The summed E-state index contributed by atoms with van der Waals surface area (Å²) in [5.74, 6) is 0.627. The van der Waals surface area contributed by atoms with Crippen LogP contribution in [0.15, 0.2) is 34.9 Å². The predicted molar refractivity (Wildman–Crippen MR) is 81.5 cm³/mol. The Kier molecular flexibility index (Phi) is 4.57. The van der Waals surface area contributed by atoms with Crippen LogP contribution in [0.4, 0.5) is 15.0 Å². The number of urea groups is 1.